The standard InChI is InChI=1S/C17H13ClO6/c1-9-5-16(19)24-14-7-15(12(18)6-11(9)14)22-8-10-3-4-13(23-10)17(20)21-2/h3-7H,8H2,1-2H3. The summed E-state index contributed by atoms with van der Waals surface area (Å²) >= 11 is 6.21. The summed E-state index contributed by atoms with van der Waals surface area (Å²) < 4.78 is 20.6. The smallest absolute Gasteiger partial charge is 0.373 e. The van der Waals surface area contributed by atoms with Crippen LogP contribution in [0.3, 0.4) is 0 Å². The van der Waals surface area contributed by atoms with Gasteiger partial charge in [-0.25, -0.2) is 9.59 Å². The molecule has 6 nitrogen and oxygen atoms in total. The van der Waals surface area contributed by atoms with E-state index in [4.69, 9.17) is 25.2 Å². The molecule has 7 heteroatoms. The van der Waals surface area contributed by atoms with Crippen molar-refractivity contribution in [2.75, 3.05) is 7.11 Å². The summed E-state index contributed by atoms with van der Waals surface area (Å²) in [6.45, 7) is 1.85. The summed E-state index contributed by atoms with van der Waals surface area (Å²) in [6, 6.07) is 7.72. The fraction of sp³-hybridized carbons (Fsp3) is 0.176. The number of ether oxygens (including phenoxy) is 2. The molecule has 3 rings (SSSR count). The molecule has 0 radical (unpaired) electrons. The fourth-order valence-corrected chi connectivity index (χ4v) is 2.46. The Labute approximate surface area is 141 Å². The van der Waals surface area contributed by atoms with Gasteiger partial charge in [-0.05, 0) is 30.7 Å². The number of furan rings is 1. The van der Waals surface area contributed by atoms with Gasteiger partial charge in [0.15, 0.2) is 0 Å². The van der Waals surface area contributed by atoms with Gasteiger partial charge in [-0.1, -0.05) is 11.6 Å². The maximum absolute atomic E-state index is 11.5. The van der Waals surface area contributed by atoms with E-state index in [-0.39, 0.29) is 12.4 Å². The van der Waals surface area contributed by atoms with Crippen molar-refractivity contribution in [3.8, 4) is 5.75 Å². The number of rotatable bonds is 4. The highest BCUT2D eigenvalue weighted by atomic mass is 35.5. The normalized spacial score (nSPS) is 10.8. The van der Waals surface area contributed by atoms with Crippen LogP contribution in [0.15, 0.2) is 44.0 Å². The van der Waals surface area contributed by atoms with Gasteiger partial charge in [-0.2, -0.15) is 0 Å². The van der Waals surface area contributed by atoms with Gasteiger partial charge in [0, 0.05) is 17.5 Å². The molecular formula is C17H13ClO6. The van der Waals surface area contributed by atoms with Gasteiger partial charge in [0.05, 0.1) is 12.1 Å². The van der Waals surface area contributed by atoms with E-state index < -0.39 is 11.6 Å². The molecule has 0 atom stereocenters. The number of esters is 1. The average molecular weight is 349 g/mol. The summed E-state index contributed by atoms with van der Waals surface area (Å²) in [4.78, 5) is 22.8. The molecule has 2 heterocycles. The predicted molar refractivity (Wildman–Crippen MR) is 86.6 cm³/mol. The topological polar surface area (TPSA) is 78.9 Å². The van der Waals surface area contributed by atoms with Crippen LogP contribution in [0.4, 0.5) is 0 Å². The molecule has 0 spiro atoms. The molecule has 0 saturated carbocycles. The first-order valence-corrected chi connectivity index (χ1v) is 7.39. The number of hydrogen-bond acceptors (Lipinski definition) is 6. The van der Waals surface area contributed by atoms with Crippen LogP contribution in [0.2, 0.25) is 5.02 Å². The van der Waals surface area contributed by atoms with Crippen molar-refractivity contribution in [2.24, 2.45) is 0 Å². The zero-order valence-electron chi connectivity index (χ0n) is 12.9. The Balaban J connectivity index is 1.85. The molecule has 0 amide bonds. The Hall–Kier alpha value is -2.73. The van der Waals surface area contributed by atoms with Crippen molar-refractivity contribution in [1.29, 1.82) is 0 Å². The maximum atomic E-state index is 11.5. The van der Waals surface area contributed by atoms with Crippen LogP contribution < -0.4 is 10.4 Å². The minimum absolute atomic E-state index is 0.0538. The molecule has 0 N–H and O–H groups in total. The number of halogens is 1. The van der Waals surface area contributed by atoms with Gasteiger partial charge in [0.25, 0.3) is 0 Å². The zero-order valence-corrected chi connectivity index (χ0v) is 13.7. The Morgan fingerprint density at radius 2 is 2.00 bits per heavy atom. The molecule has 24 heavy (non-hydrogen) atoms. The highest BCUT2D eigenvalue weighted by molar-refractivity contribution is 6.32. The van der Waals surface area contributed by atoms with Gasteiger partial charge < -0.3 is 18.3 Å². The lowest BCUT2D eigenvalue weighted by Gasteiger charge is -2.08. The van der Waals surface area contributed by atoms with E-state index in [1.807, 2.05) is 0 Å². The van der Waals surface area contributed by atoms with E-state index in [1.54, 1.807) is 25.1 Å². The number of benzene rings is 1. The molecule has 0 saturated heterocycles. The lowest BCUT2D eigenvalue weighted by Crippen LogP contribution is -2.00. The van der Waals surface area contributed by atoms with Gasteiger partial charge >= 0.3 is 11.6 Å². The second-order valence-electron chi connectivity index (χ2n) is 5.07. The van der Waals surface area contributed by atoms with Crippen molar-refractivity contribution >= 4 is 28.5 Å². The van der Waals surface area contributed by atoms with E-state index in [9.17, 15) is 9.59 Å². The molecule has 3 aromatic rings. The van der Waals surface area contributed by atoms with E-state index in [2.05, 4.69) is 4.74 Å². The molecule has 2 aromatic heterocycles. The Morgan fingerprint density at radius 1 is 1.21 bits per heavy atom. The lowest BCUT2D eigenvalue weighted by molar-refractivity contribution is 0.0561. The summed E-state index contributed by atoms with van der Waals surface area (Å²) in [5, 5.41) is 1.11. The maximum Gasteiger partial charge on any atom is 0.373 e. The summed E-state index contributed by atoms with van der Waals surface area (Å²) in [5.41, 5.74) is 0.708. The second-order valence-corrected chi connectivity index (χ2v) is 5.48. The SMILES string of the molecule is COC(=O)c1ccc(COc2cc3oc(=O)cc(C)c3cc2Cl)o1. The average Bonchev–Trinajstić information content (AvgIpc) is 3.02. The van der Waals surface area contributed by atoms with Crippen molar-refractivity contribution < 1.29 is 23.1 Å². The van der Waals surface area contributed by atoms with Gasteiger partial charge in [0.2, 0.25) is 5.76 Å². The molecule has 0 aliphatic carbocycles. The quantitative estimate of drug-likeness (QED) is 0.528. The van der Waals surface area contributed by atoms with Gasteiger partial charge in [0.1, 0.15) is 23.7 Å². The molecular weight excluding hydrogens is 336 g/mol. The highest BCUT2D eigenvalue weighted by Gasteiger charge is 2.13. The number of hydrogen-bond donors (Lipinski definition) is 0. The Morgan fingerprint density at radius 3 is 2.75 bits per heavy atom. The number of fused-ring (bicyclic) bond motifs is 1. The first-order chi connectivity index (χ1) is 11.5. The van der Waals surface area contributed by atoms with Crippen LogP contribution in [-0.2, 0) is 11.3 Å². The second kappa shape index (κ2) is 6.41. The predicted octanol–water partition coefficient (Wildman–Crippen LogP) is 3.71. The van der Waals surface area contributed by atoms with E-state index in [1.165, 1.54) is 19.2 Å². The van der Waals surface area contributed by atoms with Crippen molar-refractivity contribution in [3.63, 3.8) is 0 Å². The molecule has 0 aliphatic rings. The summed E-state index contributed by atoms with van der Waals surface area (Å²) in [6.07, 6.45) is 0. The van der Waals surface area contributed by atoms with Crippen LogP contribution in [0.1, 0.15) is 21.9 Å². The minimum atomic E-state index is -0.567. The number of carbonyl (C=O) groups is 1. The zero-order chi connectivity index (χ0) is 17.3. The largest absolute Gasteiger partial charge is 0.484 e. The fourth-order valence-electron chi connectivity index (χ4n) is 2.24. The molecule has 0 aliphatic heterocycles. The minimum Gasteiger partial charge on any atom is -0.484 e. The lowest BCUT2D eigenvalue weighted by atomic mass is 10.1. The van der Waals surface area contributed by atoms with Gasteiger partial charge in [-0.15, -0.1) is 0 Å². The molecule has 0 unspecified atom stereocenters. The van der Waals surface area contributed by atoms with Gasteiger partial charge in [-0.3, -0.25) is 0 Å². The van der Waals surface area contributed by atoms with E-state index in [0.29, 0.717) is 22.1 Å². The van der Waals surface area contributed by atoms with Crippen molar-refractivity contribution in [2.45, 2.75) is 13.5 Å². The van der Waals surface area contributed by atoms with Crippen LogP contribution in [0, 0.1) is 6.92 Å². The Bertz CT molecular complexity index is 969. The number of methoxy groups -OCH3 is 1. The molecule has 124 valence electrons. The van der Waals surface area contributed by atoms with Crippen molar-refractivity contribution in [1.82, 2.24) is 0 Å². The van der Waals surface area contributed by atoms with Crippen LogP contribution >= 0.6 is 11.6 Å². The van der Waals surface area contributed by atoms with Crippen LogP contribution in [-0.4, -0.2) is 13.1 Å². The number of aryl methyl sites for hydroxylation is 1. The summed E-state index contributed by atoms with van der Waals surface area (Å²) in [7, 11) is 1.27. The van der Waals surface area contributed by atoms with Crippen LogP contribution in [0.25, 0.3) is 11.0 Å². The van der Waals surface area contributed by atoms with E-state index in [0.717, 1.165) is 10.9 Å². The first-order valence-electron chi connectivity index (χ1n) is 7.02. The van der Waals surface area contributed by atoms with Crippen molar-refractivity contribution in [3.05, 3.63) is 62.9 Å². The Kier molecular flexibility index (Phi) is 4.31. The monoisotopic (exact) mass is 348 g/mol. The van der Waals surface area contributed by atoms with E-state index >= 15 is 0 Å². The molecule has 1 aromatic carbocycles. The third-order valence-corrected chi connectivity index (χ3v) is 3.72. The molecule has 0 bridgehead atoms. The first kappa shape index (κ1) is 16.1. The number of carbonyl (C=O) groups excluding carboxylic acids is 1. The third-order valence-electron chi connectivity index (χ3n) is 3.42. The highest BCUT2D eigenvalue weighted by Crippen LogP contribution is 2.31. The third kappa shape index (κ3) is 3.14. The molecule has 0 fully saturated rings. The summed E-state index contributed by atoms with van der Waals surface area (Å²) in [5.74, 6) is 0.288. The van der Waals surface area contributed by atoms with Crippen LogP contribution in [0.5, 0.6) is 5.75 Å².